The minimum absolute atomic E-state index is 0.0233. The Kier molecular flexibility index (Phi) is 5.19. The van der Waals surface area contributed by atoms with E-state index in [9.17, 15) is 4.79 Å². The maximum Gasteiger partial charge on any atom is 0.255 e. The van der Waals surface area contributed by atoms with Crippen LogP contribution in [0.15, 0.2) is 48.8 Å². The second-order valence-electron chi connectivity index (χ2n) is 7.40. The van der Waals surface area contributed by atoms with Gasteiger partial charge in [0, 0.05) is 48.5 Å². The van der Waals surface area contributed by atoms with Crippen LogP contribution < -0.4 is 4.74 Å². The van der Waals surface area contributed by atoms with Crippen molar-refractivity contribution in [1.29, 1.82) is 0 Å². The molecule has 0 radical (unpaired) electrons. The zero-order chi connectivity index (χ0) is 19.5. The molecule has 1 amide bonds. The highest BCUT2D eigenvalue weighted by atomic mass is 16.5. The minimum atomic E-state index is 0.0233. The third-order valence-corrected chi connectivity index (χ3v) is 5.03. The van der Waals surface area contributed by atoms with Crippen molar-refractivity contribution in [3.8, 4) is 5.88 Å². The van der Waals surface area contributed by atoms with Crippen LogP contribution in [0.1, 0.15) is 48.7 Å². The van der Waals surface area contributed by atoms with Crippen molar-refractivity contribution in [2.75, 3.05) is 13.1 Å². The lowest BCUT2D eigenvalue weighted by Gasteiger charge is -2.31. The number of carbonyl (C=O) groups excluding carboxylic acids is 1. The highest BCUT2D eigenvalue weighted by Crippen LogP contribution is 2.28. The number of pyridine rings is 3. The number of rotatable bonds is 4. The van der Waals surface area contributed by atoms with Crippen LogP contribution in [-0.2, 0) is 0 Å². The number of aromatic nitrogens is 3. The van der Waals surface area contributed by atoms with E-state index in [0.717, 1.165) is 42.7 Å². The van der Waals surface area contributed by atoms with Gasteiger partial charge < -0.3 is 9.64 Å². The Bertz CT molecular complexity index is 964. The van der Waals surface area contributed by atoms with Gasteiger partial charge in [-0.05, 0) is 57.0 Å². The maximum atomic E-state index is 12.8. The summed E-state index contributed by atoms with van der Waals surface area (Å²) >= 11 is 0. The van der Waals surface area contributed by atoms with Crippen LogP contribution >= 0.6 is 0 Å². The summed E-state index contributed by atoms with van der Waals surface area (Å²) < 4.78 is 5.54. The van der Waals surface area contributed by atoms with Crippen LogP contribution in [0.25, 0.3) is 11.0 Å². The molecular weight excluding hydrogens is 352 g/mol. The number of amides is 1. The van der Waals surface area contributed by atoms with Gasteiger partial charge in [0.1, 0.15) is 0 Å². The molecule has 4 heterocycles. The highest BCUT2D eigenvalue weighted by molar-refractivity contribution is 5.94. The molecule has 1 saturated heterocycles. The monoisotopic (exact) mass is 376 g/mol. The summed E-state index contributed by atoms with van der Waals surface area (Å²) in [4.78, 5) is 28.0. The number of carbonyl (C=O) groups is 1. The first-order valence-corrected chi connectivity index (χ1v) is 9.74. The van der Waals surface area contributed by atoms with E-state index in [4.69, 9.17) is 9.72 Å². The fourth-order valence-corrected chi connectivity index (χ4v) is 3.57. The van der Waals surface area contributed by atoms with Crippen LogP contribution in [0.5, 0.6) is 5.88 Å². The Morgan fingerprint density at radius 2 is 1.93 bits per heavy atom. The van der Waals surface area contributed by atoms with E-state index < -0.39 is 0 Å². The summed E-state index contributed by atoms with van der Waals surface area (Å²) in [6, 6.07) is 11.6. The lowest BCUT2D eigenvalue weighted by Crippen LogP contribution is -2.38. The Labute approximate surface area is 164 Å². The normalized spacial score (nSPS) is 15.2. The SMILES string of the molecule is CC(C)Oc1ccc(C(=O)N2CCC(c3ccc4cccnc4n3)CC2)cn1. The number of nitrogens with zero attached hydrogens (tertiary/aromatic N) is 4. The second kappa shape index (κ2) is 7.92. The first-order chi connectivity index (χ1) is 13.6. The molecule has 0 atom stereocenters. The summed E-state index contributed by atoms with van der Waals surface area (Å²) in [6.45, 7) is 5.34. The summed E-state index contributed by atoms with van der Waals surface area (Å²) in [5.41, 5.74) is 2.45. The lowest BCUT2D eigenvalue weighted by molar-refractivity contribution is 0.0711. The molecule has 6 nitrogen and oxygen atoms in total. The van der Waals surface area contributed by atoms with Gasteiger partial charge in [-0.3, -0.25) is 4.79 Å². The molecule has 0 spiro atoms. The fourth-order valence-electron chi connectivity index (χ4n) is 3.57. The molecule has 3 aromatic rings. The van der Waals surface area contributed by atoms with E-state index in [-0.39, 0.29) is 12.0 Å². The molecule has 28 heavy (non-hydrogen) atoms. The molecule has 1 fully saturated rings. The molecule has 6 heteroatoms. The van der Waals surface area contributed by atoms with Crippen molar-refractivity contribution < 1.29 is 9.53 Å². The van der Waals surface area contributed by atoms with Crippen LogP contribution in [0.2, 0.25) is 0 Å². The summed E-state index contributed by atoms with van der Waals surface area (Å²) in [5, 5.41) is 1.05. The average molecular weight is 376 g/mol. The second-order valence-corrected chi connectivity index (χ2v) is 7.40. The van der Waals surface area contributed by atoms with E-state index in [1.54, 1.807) is 24.5 Å². The van der Waals surface area contributed by atoms with E-state index in [2.05, 4.69) is 22.1 Å². The predicted molar refractivity (Wildman–Crippen MR) is 107 cm³/mol. The number of hydrogen-bond acceptors (Lipinski definition) is 5. The smallest absolute Gasteiger partial charge is 0.255 e. The van der Waals surface area contributed by atoms with Crippen LogP contribution in [-0.4, -0.2) is 45.0 Å². The molecule has 144 valence electrons. The third kappa shape index (κ3) is 3.96. The third-order valence-electron chi connectivity index (χ3n) is 5.03. The van der Waals surface area contributed by atoms with Crippen molar-refractivity contribution in [2.24, 2.45) is 0 Å². The van der Waals surface area contributed by atoms with Gasteiger partial charge in [-0.1, -0.05) is 0 Å². The Hall–Kier alpha value is -3.02. The van der Waals surface area contributed by atoms with Crippen molar-refractivity contribution >= 4 is 16.9 Å². The van der Waals surface area contributed by atoms with Crippen molar-refractivity contribution in [2.45, 2.75) is 38.7 Å². The van der Waals surface area contributed by atoms with Gasteiger partial charge in [0.05, 0.1) is 11.7 Å². The largest absolute Gasteiger partial charge is 0.475 e. The Morgan fingerprint density at radius 3 is 2.64 bits per heavy atom. The van der Waals surface area contributed by atoms with Gasteiger partial charge in [0.2, 0.25) is 5.88 Å². The summed E-state index contributed by atoms with van der Waals surface area (Å²) in [5.74, 6) is 0.923. The van der Waals surface area contributed by atoms with Crippen molar-refractivity contribution in [3.63, 3.8) is 0 Å². The number of piperidine rings is 1. The van der Waals surface area contributed by atoms with Gasteiger partial charge in [-0.25, -0.2) is 15.0 Å². The molecule has 0 aliphatic carbocycles. The van der Waals surface area contributed by atoms with Crippen molar-refractivity contribution in [3.05, 3.63) is 60.0 Å². The Morgan fingerprint density at radius 1 is 1.11 bits per heavy atom. The van der Waals surface area contributed by atoms with E-state index in [0.29, 0.717) is 17.4 Å². The van der Waals surface area contributed by atoms with Crippen LogP contribution in [0.3, 0.4) is 0 Å². The van der Waals surface area contributed by atoms with E-state index in [1.165, 1.54) is 0 Å². The molecule has 0 unspecified atom stereocenters. The number of fused-ring (bicyclic) bond motifs is 1. The van der Waals surface area contributed by atoms with Crippen LogP contribution in [0, 0.1) is 0 Å². The molecular formula is C22H24N4O2. The molecule has 0 bridgehead atoms. The zero-order valence-corrected chi connectivity index (χ0v) is 16.2. The fraction of sp³-hybridized carbons (Fsp3) is 0.364. The molecule has 0 N–H and O–H groups in total. The van der Waals surface area contributed by atoms with Crippen LogP contribution in [0.4, 0.5) is 0 Å². The number of ether oxygens (including phenoxy) is 1. The molecule has 0 saturated carbocycles. The van der Waals surface area contributed by atoms with E-state index in [1.807, 2.05) is 30.9 Å². The van der Waals surface area contributed by atoms with Gasteiger partial charge >= 0.3 is 0 Å². The molecule has 1 aliphatic heterocycles. The quantitative estimate of drug-likeness (QED) is 0.692. The molecule has 3 aromatic heterocycles. The minimum Gasteiger partial charge on any atom is -0.475 e. The molecule has 4 rings (SSSR count). The van der Waals surface area contributed by atoms with E-state index >= 15 is 0 Å². The first-order valence-electron chi connectivity index (χ1n) is 9.74. The van der Waals surface area contributed by atoms with Gasteiger partial charge in [-0.15, -0.1) is 0 Å². The lowest BCUT2D eigenvalue weighted by atomic mass is 9.92. The summed E-state index contributed by atoms with van der Waals surface area (Å²) in [6.07, 6.45) is 5.24. The Balaban J connectivity index is 1.39. The maximum absolute atomic E-state index is 12.8. The van der Waals surface area contributed by atoms with Gasteiger partial charge in [-0.2, -0.15) is 0 Å². The van der Waals surface area contributed by atoms with Crippen molar-refractivity contribution in [1.82, 2.24) is 19.9 Å². The average Bonchev–Trinajstić information content (AvgIpc) is 2.73. The first kappa shape index (κ1) is 18.3. The number of likely N-dealkylation sites (tertiary alicyclic amines) is 1. The predicted octanol–water partition coefficient (Wildman–Crippen LogP) is 3.83. The highest BCUT2D eigenvalue weighted by Gasteiger charge is 2.25. The number of hydrogen-bond donors (Lipinski definition) is 0. The topological polar surface area (TPSA) is 68.2 Å². The van der Waals surface area contributed by atoms with Gasteiger partial charge in [0.25, 0.3) is 5.91 Å². The van der Waals surface area contributed by atoms with Gasteiger partial charge in [0.15, 0.2) is 5.65 Å². The molecule has 0 aromatic carbocycles. The zero-order valence-electron chi connectivity index (χ0n) is 16.2. The standard InChI is InChI=1S/C22H24N4O2/c1-15(2)28-20-8-6-18(14-24-20)22(27)26-12-9-16(10-13-26)19-7-5-17-4-3-11-23-21(17)25-19/h3-8,11,14-16H,9-10,12-13H2,1-2H3. The molecule has 1 aliphatic rings. The summed E-state index contributed by atoms with van der Waals surface area (Å²) in [7, 11) is 0.